The van der Waals surface area contributed by atoms with Crippen LogP contribution < -0.4 is 28.9 Å². The van der Waals surface area contributed by atoms with Crippen LogP contribution in [0.3, 0.4) is 0 Å². The van der Waals surface area contributed by atoms with E-state index in [1.54, 1.807) is 49.0 Å². The molecule has 0 aromatic heterocycles. The van der Waals surface area contributed by atoms with E-state index in [4.69, 9.17) is 33.4 Å². The Bertz CT molecular complexity index is 3190. The van der Waals surface area contributed by atoms with Gasteiger partial charge in [0.1, 0.15) is 24.2 Å². The highest BCUT2D eigenvalue weighted by molar-refractivity contribution is 8.77. The van der Waals surface area contributed by atoms with Crippen LogP contribution in [0.4, 0.5) is 22.7 Å². The highest BCUT2D eigenvalue weighted by Gasteiger charge is 2.39. The monoisotopic (exact) mass is 1130 g/mol. The number of hydrogen-bond acceptors (Lipinski definition) is 15. The number of aryl methyl sites for hydroxylation is 2. The number of carbonyl (C=O) groups is 3. The third-order valence-corrected chi connectivity index (χ3v) is 19.2. The molecular weight excluding hydrogens is 1060 g/mol. The normalized spacial score (nSPS) is 16.7. The minimum atomic E-state index is -4.54. The van der Waals surface area contributed by atoms with Gasteiger partial charge in [0.05, 0.1) is 57.4 Å². The molecule has 1 N–H and O–H groups in total. The molecule has 0 fully saturated rings. The molecule has 0 saturated carbocycles. The average Bonchev–Trinajstić information content (AvgIpc) is 4.20. The second kappa shape index (κ2) is 25.7. The van der Waals surface area contributed by atoms with E-state index in [-0.39, 0.29) is 50.0 Å². The lowest BCUT2D eigenvalue weighted by atomic mass is 9.98. The first kappa shape index (κ1) is 57.7. The predicted molar refractivity (Wildman–Crippen MR) is 312 cm³/mol. The molecule has 0 radical (unpaired) electrons. The van der Waals surface area contributed by atoms with E-state index in [9.17, 15) is 27.4 Å². The maximum absolute atomic E-state index is 14.3. The maximum Gasteiger partial charge on any atom is 0.275 e. The molecule has 0 spiro atoms. The Balaban J connectivity index is 0.996. The Morgan fingerprint density at radius 3 is 2.15 bits per heavy atom. The van der Waals surface area contributed by atoms with Gasteiger partial charge in [-0.15, -0.1) is 0 Å². The first-order chi connectivity index (χ1) is 38.0. The summed E-state index contributed by atoms with van der Waals surface area (Å²) in [5.74, 6) is 1.16. The highest BCUT2D eigenvalue weighted by Crippen LogP contribution is 2.43. The molecule has 0 saturated heterocycles. The van der Waals surface area contributed by atoms with E-state index >= 15 is 0 Å². The molecule has 16 nitrogen and oxygen atoms in total. The van der Waals surface area contributed by atoms with Gasteiger partial charge in [-0.05, 0) is 128 Å². The van der Waals surface area contributed by atoms with Crippen LogP contribution in [0.1, 0.15) is 94.1 Å². The molecular formula is C60H70N4O12S3. The van der Waals surface area contributed by atoms with Crippen molar-refractivity contribution in [2.24, 2.45) is 4.99 Å². The standard InChI is InChI=1S/C60H70N4O12S3/c1-7-53(65)57(79(68,69)70)18-25-77-78-60(3,4)38-62(19-20-73-23-24-74-22-21-71-5)46-28-40(36-75-54-32-42-16-17-45-30-43-12-8-10-14-51(43)63(45)58(66)48(42)26-39(54)2)27-41(29-46)37-76-56-34-50-49(33-55(56)72-6)59(67)64-47(35-61-50)31-44-13-9-11-15-52(44)64/h8-15,26-29,32-35,45,47,57H,7,16-25,30-31,36-38H2,1-6H3,(H,68,69,70)/t45-,47+,57?/m1/s1. The second-order valence-electron chi connectivity index (χ2n) is 20.9. The van der Waals surface area contributed by atoms with Crippen molar-refractivity contribution in [3.8, 4) is 17.2 Å². The zero-order valence-corrected chi connectivity index (χ0v) is 48.2. The molecule has 79 heavy (non-hydrogen) atoms. The lowest BCUT2D eigenvalue weighted by Crippen LogP contribution is -2.38. The van der Waals surface area contributed by atoms with Gasteiger partial charge in [-0.3, -0.25) is 28.8 Å². The number of para-hydroxylation sites is 2. The molecule has 5 aromatic carbocycles. The number of nitrogens with zero attached hydrogens (tertiary/aromatic N) is 4. The van der Waals surface area contributed by atoms with Gasteiger partial charge >= 0.3 is 0 Å². The smallest absolute Gasteiger partial charge is 0.275 e. The number of benzene rings is 5. The molecule has 4 aliphatic rings. The Morgan fingerprint density at radius 2 is 1.46 bits per heavy atom. The zero-order chi connectivity index (χ0) is 55.8. The minimum Gasteiger partial charge on any atom is -0.493 e. The van der Waals surface area contributed by atoms with Gasteiger partial charge in [-0.2, -0.15) is 8.42 Å². The maximum atomic E-state index is 14.3. The third-order valence-electron chi connectivity index (χ3n) is 14.7. The average molecular weight is 1140 g/mol. The summed E-state index contributed by atoms with van der Waals surface area (Å²) in [5, 5.41) is -1.46. The number of carbonyl (C=O) groups excluding carboxylic acids is 3. The summed E-state index contributed by atoms with van der Waals surface area (Å²) < 4.78 is 69.8. The van der Waals surface area contributed by atoms with Crippen LogP contribution in [0, 0.1) is 6.92 Å². The van der Waals surface area contributed by atoms with Crippen molar-refractivity contribution in [2.75, 3.05) is 80.8 Å². The van der Waals surface area contributed by atoms with Crippen molar-refractivity contribution in [1.29, 1.82) is 0 Å². The van der Waals surface area contributed by atoms with E-state index in [0.717, 1.165) is 64.1 Å². The molecule has 3 atom stereocenters. The topological polar surface area (TPSA) is 183 Å². The van der Waals surface area contributed by atoms with Gasteiger partial charge in [-0.25, -0.2) is 0 Å². The number of ketones is 1. The predicted octanol–water partition coefficient (Wildman–Crippen LogP) is 10.2. The Hall–Kier alpha value is -5.93. The van der Waals surface area contributed by atoms with Crippen molar-refractivity contribution in [2.45, 2.75) is 102 Å². The fraction of sp³-hybridized carbons (Fsp3) is 0.433. The number of Topliss-reactive ketones (excluding diaryl/α,β-unsaturated/α-hetero) is 1. The SMILES string of the molecule is CCC(=O)C(CCSSC(C)(C)CN(CCOCCOCCOC)c1cc(COc2cc3c(cc2C)C(=O)N2c4ccccc4C[C@H]2CC3)cc(COc2cc3c(cc2OC)C(=O)N2c4ccccc4C[C@H]2C=N3)c1)S(=O)(=O)O. The fourth-order valence-corrected chi connectivity index (χ4v) is 14.5. The molecule has 19 heteroatoms. The summed E-state index contributed by atoms with van der Waals surface area (Å²) in [6.07, 6.45) is 4.91. The second-order valence-corrected chi connectivity index (χ2v) is 25.6. The van der Waals surface area contributed by atoms with E-state index in [1.807, 2.05) is 78.7 Å². The van der Waals surface area contributed by atoms with Crippen LogP contribution in [-0.2, 0) is 61.6 Å². The van der Waals surface area contributed by atoms with Crippen LogP contribution in [0.25, 0.3) is 0 Å². The summed E-state index contributed by atoms with van der Waals surface area (Å²) in [5.41, 5.74) is 10.1. The molecule has 5 aromatic rings. The number of methoxy groups -OCH3 is 2. The number of fused-ring (bicyclic) bond motifs is 8. The third kappa shape index (κ3) is 13.6. The van der Waals surface area contributed by atoms with E-state index in [0.29, 0.717) is 92.4 Å². The quantitative estimate of drug-likeness (QED) is 0.0298. The van der Waals surface area contributed by atoms with Crippen molar-refractivity contribution in [3.63, 3.8) is 0 Å². The molecule has 2 amide bonds. The Morgan fingerprint density at radius 1 is 0.797 bits per heavy atom. The summed E-state index contributed by atoms with van der Waals surface area (Å²) >= 11 is 0. The molecule has 4 aliphatic heterocycles. The summed E-state index contributed by atoms with van der Waals surface area (Å²) in [6, 6.07) is 29.6. The Kier molecular flexibility index (Phi) is 18.8. The lowest BCUT2D eigenvalue weighted by Gasteiger charge is -2.34. The Labute approximate surface area is 471 Å². The first-order valence-electron chi connectivity index (χ1n) is 26.9. The fourth-order valence-electron chi connectivity index (χ4n) is 10.8. The summed E-state index contributed by atoms with van der Waals surface area (Å²) in [7, 11) is 1.66. The number of anilines is 3. The number of aliphatic imine (C=N–C) groups is 1. The van der Waals surface area contributed by atoms with Gasteiger partial charge in [0.25, 0.3) is 21.9 Å². The van der Waals surface area contributed by atoms with E-state index < -0.39 is 25.9 Å². The molecule has 0 aliphatic carbocycles. The first-order valence-corrected chi connectivity index (χ1v) is 30.7. The molecule has 0 bridgehead atoms. The van der Waals surface area contributed by atoms with Gasteiger partial charge in [0.2, 0.25) is 0 Å². The number of hydrogen-bond donors (Lipinski definition) is 1. The molecule has 1 unspecified atom stereocenters. The molecule has 4 heterocycles. The lowest BCUT2D eigenvalue weighted by molar-refractivity contribution is -0.118. The summed E-state index contributed by atoms with van der Waals surface area (Å²) in [4.78, 5) is 51.8. The van der Waals surface area contributed by atoms with Crippen molar-refractivity contribution >= 4 is 78.3 Å². The van der Waals surface area contributed by atoms with Crippen LogP contribution in [0.15, 0.2) is 96.0 Å². The van der Waals surface area contributed by atoms with E-state index in [1.165, 1.54) is 16.4 Å². The number of rotatable bonds is 27. The van der Waals surface area contributed by atoms with Crippen LogP contribution in [-0.4, -0.2) is 125 Å². The van der Waals surface area contributed by atoms with Crippen molar-refractivity contribution in [1.82, 2.24) is 0 Å². The van der Waals surface area contributed by atoms with Gasteiger partial charge < -0.3 is 38.2 Å². The molecule has 9 rings (SSSR count). The van der Waals surface area contributed by atoms with Crippen molar-refractivity contribution < 1.29 is 55.8 Å². The highest BCUT2D eigenvalue weighted by atomic mass is 33.1. The van der Waals surface area contributed by atoms with Gasteiger partial charge in [0, 0.05) is 84.5 Å². The van der Waals surface area contributed by atoms with Crippen LogP contribution >= 0.6 is 21.6 Å². The van der Waals surface area contributed by atoms with Crippen LogP contribution in [0.5, 0.6) is 17.2 Å². The number of amides is 2. The zero-order valence-electron chi connectivity index (χ0n) is 45.7. The van der Waals surface area contributed by atoms with Gasteiger partial charge in [0.15, 0.2) is 17.3 Å². The van der Waals surface area contributed by atoms with Crippen molar-refractivity contribution in [3.05, 3.63) is 136 Å². The van der Waals surface area contributed by atoms with Crippen LogP contribution in [0.2, 0.25) is 0 Å². The largest absolute Gasteiger partial charge is 0.493 e. The van der Waals surface area contributed by atoms with E-state index in [2.05, 4.69) is 36.9 Å². The number of ether oxygens (including phenoxy) is 6. The minimum absolute atomic E-state index is 0.00664. The molecule has 420 valence electrons. The van der Waals surface area contributed by atoms with Gasteiger partial charge in [-0.1, -0.05) is 64.9 Å². The summed E-state index contributed by atoms with van der Waals surface area (Å²) in [6.45, 7) is 11.2.